The Labute approximate surface area is 207 Å². The molecular formula is C33H42N+. The van der Waals surface area contributed by atoms with Gasteiger partial charge in [-0.15, -0.1) is 0 Å². The van der Waals surface area contributed by atoms with Crippen LogP contribution in [0.4, 0.5) is 0 Å². The first-order valence-corrected chi connectivity index (χ1v) is 13.3. The second kappa shape index (κ2) is 7.54. The summed E-state index contributed by atoms with van der Waals surface area (Å²) in [5.74, 6) is 0. The maximum Gasteiger partial charge on any atom is 0.213 e. The Morgan fingerprint density at radius 1 is 0.676 bits per heavy atom. The number of nitrogens with zero attached hydrogens (tertiary/aromatic N) is 1. The summed E-state index contributed by atoms with van der Waals surface area (Å²) >= 11 is 0. The molecule has 1 heteroatoms. The van der Waals surface area contributed by atoms with E-state index in [1.54, 1.807) is 11.1 Å². The molecule has 0 fully saturated rings. The Balaban J connectivity index is 1.85. The molecule has 0 bridgehead atoms. The van der Waals surface area contributed by atoms with Crippen molar-refractivity contribution in [3.63, 3.8) is 0 Å². The maximum atomic E-state index is 2.68. The molecule has 2 aromatic carbocycles. The van der Waals surface area contributed by atoms with Gasteiger partial charge in [0.1, 0.15) is 0 Å². The zero-order chi connectivity index (χ0) is 24.5. The van der Waals surface area contributed by atoms with Crippen molar-refractivity contribution in [2.45, 2.75) is 103 Å². The summed E-state index contributed by atoms with van der Waals surface area (Å²) in [6.07, 6.45) is 7.27. The fraction of sp³-hybridized carbons (Fsp3) is 0.485. The summed E-state index contributed by atoms with van der Waals surface area (Å²) in [7, 11) is 0. The molecule has 0 radical (unpaired) electrons. The van der Waals surface area contributed by atoms with Crippen LogP contribution in [0.25, 0.3) is 22.4 Å². The lowest BCUT2D eigenvalue weighted by Gasteiger charge is -2.48. The molecule has 0 N–H and O–H groups in total. The number of benzene rings is 2. The van der Waals surface area contributed by atoms with Crippen LogP contribution in [0.15, 0.2) is 60.8 Å². The van der Waals surface area contributed by atoms with E-state index in [2.05, 4.69) is 121 Å². The van der Waals surface area contributed by atoms with Gasteiger partial charge in [-0.3, -0.25) is 0 Å². The molecule has 1 aromatic heterocycles. The molecule has 0 saturated carbocycles. The third kappa shape index (κ3) is 3.08. The lowest BCUT2D eigenvalue weighted by Crippen LogP contribution is -2.68. The van der Waals surface area contributed by atoms with Crippen LogP contribution in [0, 0.1) is 0 Å². The number of rotatable bonds is 3. The van der Waals surface area contributed by atoms with E-state index in [4.69, 9.17) is 0 Å². The molecule has 2 heterocycles. The van der Waals surface area contributed by atoms with Crippen LogP contribution < -0.4 is 4.57 Å². The van der Waals surface area contributed by atoms with Crippen molar-refractivity contribution in [1.29, 1.82) is 0 Å². The van der Waals surface area contributed by atoms with Crippen molar-refractivity contribution < 1.29 is 4.57 Å². The van der Waals surface area contributed by atoms with Crippen molar-refractivity contribution in [2.75, 3.05) is 0 Å². The quantitative estimate of drug-likeness (QED) is 0.351. The van der Waals surface area contributed by atoms with Gasteiger partial charge in [-0.25, -0.2) is 0 Å². The van der Waals surface area contributed by atoms with Crippen LogP contribution in [0.2, 0.25) is 0 Å². The van der Waals surface area contributed by atoms with Gasteiger partial charge in [0.25, 0.3) is 0 Å². The number of aromatic nitrogens is 1. The lowest BCUT2D eigenvalue weighted by atomic mass is 9.59. The highest BCUT2D eigenvalue weighted by atomic mass is 15.1. The second-order valence-corrected chi connectivity index (χ2v) is 12.6. The molecule has 178 valence electrons. The number of hydrogen-bond donors (Lipinski definition) is 0. The highest BCUT2D eigenvalue weighted by Crippen LogP contribution is 2.53. The van der Waals surface area contributed by atoms with E-state index in [0.29, 0.717) is 0 Å². The van der Waals surface area contributed by atoms with E-state index in [-0.39, 0.29) is 21.8 Å². The molecule has 1 nitrogen and oxygen atoms in total. The molecule has 0 saturated heterocycles. The van der Waals surface area contributed by atoms with E-state index in [0.717, 1.165) is 12.8 Å². The smallest absolute Gasteiger partial charge is 0.192 e. The Morgan fingerprint density at radius 3 is 1.94 bits per heavy atom. The number of pyridine rings is 1. The summed E-state index contributed by atoms with van der Waals surface area (Å²) in [6, 6.07) is 20.7. The third-order valence-corrected chi connectivity index (χ3v) is 10.0. The van der Waals surface area contributed by atoms with Crippen LogP contribution in [0.1, 0.15) is 97.8 Å². The van der Waals surface area contributed by atoms with E-state index in [9.17, 15) is 0 Å². The molecule has 0 amide bonds. The lowest BCUT2D eigenvalue weighted by molar-refractivity contribution is -0.765. The first-order valence-electron chi connectivity index (χ1n) is 13.3. The zero-order valence-electron chi connectivity index (χ0n) is 22.5. The Bertz CT molecular complexity index is 1250. The molecule has 1 aliphatic heterocycles. The molecule has 2 atom stereocenters. The molecule has 5 rings (SSSR count). The van der Waals surface area contributed by atoms with Gasteiger partial charge in [0.15, 0.2) is 11.7 Å². The molecule has 2 unspecified atom stereocenters. The predicted molar refractivity (Wildman–Crippen MR) is 144 cm³/mol. The summed E-state index contributed by atoms with van der Waals surface area (Å²) in [6.45, 7) is 19.5. The second-order valence-electron chi connectivity index (χ2n) is 12.6. The first-order chi connectivity index (χ1) is 16.0. The third-order valence-electron chi connectivity index (χ3n) is 10.0. The Kier molecular flexibility index (Phi) is 5.18. The van der Waals surface area contributed by atoms with Crippen LogP contribution in [0.5, 0.6) is 0 Å². The van der Waals surface area contributed by atoms with Crippen LogP contribution in [0.3, 0.4) is 0 Å². The number of hydrogen-bond acceptors (Lipinski definition) is 0. The average molecular weight is 453 g/mol. The minimum Gasteiger partial charge on any atom is -0.192 e. The van der Waals surface area contributed by atoms with Crippen LogP contribution in [-0.2, 0) is 21.8 Å². The van der Waals surface area contributed by atoms with Crippen molar-refractivity contribution in [3.8, 4) is 22.4 Å². The largest absolute Gasteiger partial charge is 0.213 e. The minimum atomic E-state index is 0.00605. The predicted octanol–water partition coefficient (Wildman–Crippen LogP) is 8.46. The molecule has 2 aliphatic rings. The fourth-order valence-corrected chi connectivity index (χ4v) is 6.88. The molecule has 3 aromatic rings. The first kappa shape index (κ1) is 23.3. The average Bonchev–Trinajstić information content (AvgIpc) is 2.85. The molecule has 1 aliphatic carbocycles. The summed E-state index contributed by atoms with van der Waals surface area (Å²) < 4.78 is 2.68. The summed E-state index contributed by atoms with van der Waals surface area (Å²) in [5.41, 5.74) is 10.5. The maximum absolute atomic E-state index is 2.68. The van der Waals surface area contributed by atoms with Crippen LogP contribution >= 0.6 is 0 Å². The molecule has 0 spiro atoms. The fourth-order valence-electron chi connectivity index (χ4n) is 6.88. The van der Waals surface area contributed by atoms with Crippen LogP contribution in [-0.4, -0.2) is 0 Å². The van der Waals surface area contributed by atoms with E-state index < -0.39 is 0 Å². The van der Waals surface area contributed by atoms with Gasteiger partial charge >= 0.3 is 0 Å². The highest BCUT2D eigenvalue weighted by molar-refractivity contribution is 5.74. The van der Waals surface area contributed by atoms with Gasteiger partial charge in [0.05, 0.1) is 11.0 Å². The highest BCUT2D eigenvalue weighted by Gasteiger charge is 2.57. The monoisotopic (exact) mass is 452 g/mol. The molecular weight excluding hydrogens is 410 g/mol. The van der Waals surface area contributed by atoms with Crippen molar-refractivity contribution in [2.24, 2.45) is 0 Å². The zero-order valence-corrected chi connectivity index (χ0v) is 22.5. The van der Waals surface area contributed by atoms with Gasteiger partial charge in [-0.1, -0.05) is 77.9 Å². The van der Waals surface area contributed by atoms with Gasteiger partial charge in [0.2, 0.25) is 5.69 Å². The topological polar surface area (TPSA) is 3.88 Å². The Hall–Kier alpha value is -2.41. The van der Waals surface area contributed by atoms with Gasteiger partial charge in [0, 0.05) is 25.0 Å². The van der Waals surface area contributed by atoms with Crippen molar-refractivity contribution in [1.82, 2.24) is 0 Å². The Morgan fingerprint density at radius 2 is 1.32 bits per heavy atom. The van der Waals surface area contributed by atoms with E-state index >= 15 is 0 Å². The summed E-state index contributed by atoms with van der Waals surface area (Å²) in [4.78, 5) is 0. The standard InChI is InChI=1S/C33H42N/c1-9-32(7)26-20-24(23-14-12-11-13-15-23)16-17-25(26)29-21-27-28(22-34(29)33(32,8)10-2)31(5,6)19-18-30(27,3)4/h11-17,20-22H,9-10,18-19H2,1-8H3/q+1. The van der Waals surface area contributed by atoms with Gasteiger partial charge in [-0.2, -0.15) is 4.57 Å². The van der Waals surface area contributed by atoms with Gasteiger partial charge in [-0.05, 0) is 71.4 Å². The van der Waals surface area contributed by atoms with E-state index in [1.165, 1.54) is 40.8 Å². The van der Waals surface area contributed by atoms with E-state index in [1.807, 2.05) is 0 Å². The minimum absolute atomic E-state index is 0.00605. The molecule has 34 heavy (non-hydrogen) atoms. The van der Waals surface area contributed by atoms with Crippen molar-refractivity contribution in [3.05, 3.63) is 77.5 Å². The SMILES string of the molecule is CCC1(C)c2cc(-c3ccccc3)ccc2-c2cc3c(c[n+]2C1(C)CC)C(C)(C)CCC3(C)C. The van der Waals surface area contributed by atoms with Crippen molar-refractivity contribution >= 4 is 0 Å². The van der Waals surface area contributed by atoms with Gasteiger partial charge < -0.3 is 0 Å². The summed E-state index contributed by atoms with van der Waals surface area (Å²) in [5, 5.41) is 0. The number of fused-ring (bicyclic) bond motifs is 4. The normalized spacial score (nSPS) is 26.4.